The molecule has 1 atom stereocenters. The van der Waals surface area contributed by atoms with E-state index in [-0.39, 0.29) is 6.10 Å². The largest absolute Gasteiger partial charge is 0.388 e. The van der Waals surface area contributed by atoms with Crippen molar-refractivity contribution in [3.8, 4) is 0 Å². The van der Waals surface area contributed by atoms with Gasteiger partial charge in [0.25, 0.3) is 0 Å². The molecule has 1 N–H and O–H groups in total. The van der Waals surface area contributed by atoms with E-state index in [1.807, 2.05) is 6.07 Å². The van der Waals surface area contributed by atoms with E-state index in [0.29, 0.717) is 0 Å². The number of benzene rings is 1. The molecule has 86 valence electrons. The van der Waals surface area contributed by atoms with E-state index in [1.54, 1.807) is 0 Å². The summed E-state index contributed by atoms with van der Waals surface area (Å²) in [5.41, 5.74) is 2.39. The van der Waals surface area contributed by atoms with Crippen LogP contribution >= 0.6 is 0 Å². The van der Waals surface area contributed by atoms with Crippen molar-refractivity contribution in [3.63, 3.8) is 0 Å². The Morgan fingerprint density at radius 2 is 2.00 bits per heavy atom. The summed E-state index contributed by atoms with van der Waals surface area (Å²) in [6, 6.07) is 8.34. The zero-order chi connectivity index (χ0) is 11.0. The van der Waals surface area contributed by atoms with Crippen LogP contribution in [-0.4, -0.2) is 18.2 Å². The van der Waals surface area contributed by atoms with Crippen molar-refractivity contribution in [1.82, 2.24) is 0 Å². The molecule has 2 aliphatic rings. The Balaban J connectivity index is 1.91. The maximum atomic E-state index is 10.1. The number of hydrogen-bond donors (Lipinski definition) is 1. The minimum absolute atomic E-state index is 0.264. The van der Waals surface area contributed by atoms with Gasteiger partial charge in [-0.3, -0.25) is 0 Å². The van der Waals surface area contributed by atoms with Gasteiger partial charge in [-0.1, -0.05) is 18.2 Å². The van der Waals surface area contributed by atoms with Gasteiger partial charge in [0.05, 0.1) is 6.10 Å². The van der Waals surface area contributed by atoms with Gasteiger partial charge in [0.1, 0.15) is 0 Å². The second-order valence-electron chi connectivity index (χ2n) is 5.11. The highest BCUT2D eigenvalue weighted by Crippen LogP contribution is 2.36. The molecule has 1 saturated carbocycles. The summed E-state index contributed by atoms with van der Waals surface area (Å²) in [5, 5.41) is 10.1. The zero-order valence-electron chi connectivity index (χ0n) is 9.60. The van der Waals surface area contributed by atoms with Crippen LogP contribution in [0.2, 0.25) is 0 Å². The highest BCUT2D eigenvalue weighted by Gasteiger charge is 2.27. The van der Waals surface area contributed by atoms with Crippen LogP contribution < -0.4 is 4.90 Å². The average Bonchev–Trinajstić information content (AvgIpc) is 3.11. The van der Waals surface area contributed by atoms with E-state index in [9.17, 15) is 5.11 Å². The maximum absolute atomic E-state index is 10.1. The Bertz CT molecular complexity index is 373. The van der Waals surface area contributed by atoms with Gasteiger partial charge >= 0.3 is 0 Å². The summed E-state index contributed by atoms with van der Waals surface area (Å²) < 4.78 is 0. The Kier molecular flexibility index (Phi) is 2.60. The number of para-hydroxylation sites is 1. The van der Waals surface area contributed by atoms with Crippen LogP contribution in [0.4, 0.5) is 5.69 Å². The number of aliphatic hydroxyl groups is 1. The smallest absolute Gasteiger partial charge is 0.0810 e. The van der Waals surface area contributed by atoms with Crippen LogP contribution in [0.3, 0.4) is 0 Å². The second-order valence-corrected chi connectivity index (χ2v) is 5.11. The summed E-state index contributed by atoms with van der Waals surface area (Å²) in [7, 11) is 0. The van der Waals surface area contributed by atoms with Gasteiger partial charge in [0.2, 0.25) is 0 Å². The first-order valence-corrected chi connectivity index (χ1v) is 6.36. The van der Waals surface area contributed by atoms with Gasteiger partial charge in [-0.15, -0.1) is 0 Å². The van der Waals surface area contributed by atoms with Crippen molar-refractivity contribution in [2.45, 2.75) is 31.8 Å². The van der Waals surface area contributed by atoms with Gasteiger partial charge in [-0.05, 0) is 37.7 Å². The second kappa shape index (κ2) is 4.10. The number of rotatable bonds is 2. The normalized spacial score (nSPS) is 25.1. The third-order valence-electron chi connectivity index (χ3n) is 3.72. The first-order chi connectivity index (χ1) is 7.84. The predicted molar refractivity (Wildman–Crippen MR) is 65.6 cm³/mol. The van der Waals surface area contributed by atoms with Gasteiger partial charge in [-0.2, -0.15) is 0 Å². The third-order valence-corrected chi connectivity index (χ3v) is 3.72. The molecule has 2 heteroatoms. The number of hydrogen-bond acceptors (Lipinski definition) is 2. The molecule has 16 heavy (non-hydrogen) atoms. The molecular formula is C14H19NO. The zero-order valence-corrected chi connectivity index (χ0v) is 9.60. The molecule has 2 nitrogen and oxygen atoms in total. The number of anilines is 1. The lowest BCUT2D eigenvalue weighted by atomic mass is 10.0. The van der Waals surface area contributed by atoms with E-state index < -0.39 is 0 Å². The lowest BCUT2D eigenvalue weighted by Crippen LogP contribution is -2.26. The van der Waals surface area contributed by atoms with Crippen molar-refractivity contribution in [3.05, 3.63) is 29.8 Å². The molecule has 0 amide bonds. The molecule has 1 aliphatic heterocycles. The minimum Gasteiger partial charge on any atom is -0.388 e. The lowest BCUT2D eigenvalue weighted by molar-refractivity contribution is 0.168. The molecule has 1 unspecified atom stereocenters. The molecule has 0 radical (unpaired) electrons. The van der Waals surface area contributed by atoms with Gasteiger partial charge in [0.15, 0.2) is 0 Å². The Labute approximate surface area is 96.9 Å². The summed E-state index contributed by atoms with van der Waals surface area (Å²) in [5.74, 6) is 0.906. The standard InChI is InChI=1S/C14H19NO/c16-14-6-3-9-15(10-11-7-8-11)13-5-2-1-4-12(13)14/h1-2,4-5,11,14,16H,3,6-10H2. The molecular weight excluding hydrogens is 198 g/mol. The lowest BCUT2D eigenvalue weighted by Gasteiger charge is -2.25. The molecule has 1 heterocycles. The van der Waals surface area contributed by atoms with Crippen LogP contribution in [0.25, 0.3) is 0 Å². The van der Waals surface area contributed by atoms with Crippen molar-refractivity contribution >= 4 is 5.69 Å². The van der Waals surface area contributed by atoms with Crippen LogP contribution in [0.5, 0.6) is 0 Å². The minimum atomic E-state index is -0.264. The maximum Gasteiger partial charge on any atom is 0.0810 e. The quantitative estimate of drug-likeness (QED) is 0.823. The van der Waals surface area contributed by atoms with E-state index in [2.05, 4.69) is 23.1 Å². The molecule has 0 saturated heterocycles. The Morgan fingerprint density at radius 1 is 1.19 bits per heavy atom. The molecule has 1 aliphatic carbocycles. The molecule has 0 aromatic heterocycles. The molecule has 1 fully saturated rings. The van der Waals surface area contributed by atoms with Gasteiger partial charge in [-0.25, -0.2) is 0 Å². The van der Waals surface area contributed by atoms with Crippen molar-refractivity contribution in [2.24, 2.45) is 5.92 Å². The van der Waals surface area contributed by atoms with E-state index in [1.165, 1.54) is 25.1 Å². The highest BCUT2D eigenvalue weighted by molar-refractivity contribution is 5.55. The number of aliphatic hydroxyl groups excluding tert-OH is 1. The fourth-order valence-electron chi connectivity index (χ4n) is 2.61. The summed E-state index contributed by atoms with van der Waals surface area (Å²) in [4.78, 5) is 2.48. The van der Waals surface area contributed by atoms with E-state index in [0.717, 1.165) is 30.9 Å². The van der Waals surface area contributed by atoms with Crippen molar-refractivity contribution in [2.75, 3.05) is 18.0 Å². The topological polar surface area (TPSA) is 23.5 Å². The van der Waals surface area contributed by atoms with Crippen molar-refractivity contribution in [1.29, 1.82) is 0 Å². The average molecular weight is 217 g/mol. The van der Waals surface area contributed by atoms with Crippen LogP contribution in [-0.2, 0) is 0 Å². The highest BCUT2D eigenvalue weighted by atomic mass is 16.3. The first kappa shape index (κ1) is 10.2. The monoisotopic (exact) mass is 217 g/mol. The number of fused-ring (bicyclic) bond motifs is 1. The first-order valence-electron chi connectivity index (χ1n) is 6.36. The molecule has 1 aromatic rings. The number of nitrogens with zero attached hydrogens (tertiary/aromatic N) is 1. The summed E-state index contributed by atoms with van der Waals surface area (Å²) in [6.07, 6.45) is 4.52. The molecule has 1 aromatic carbocycles. The molecule has 3 rings (SSSR count). The van der Waals surface area contributed by atoms with Crippen LogP contribution in [0.1, 0.15) is 37.4 Å². The van der Waals surface area contributed by atoms with Crippen LogP contribution in [0.15, 0.2) is 24.3 Å². The summed E-state index contributed by atoms with van der Waals surface area (Å²) >= 11 is 0. The third kappa shape index (κ3) is 1.94. The van der Waals surface area contributed by atoms with Gasteiger partial charge < -0.3 is 10.0 Å². The SMILES string of the molecule is OC1CCCN(CC2CC2)c2ccccc21. The van der Waals surface area contributed by atoms with Crippen LogP contribution in [0, 0.1) is 5.92 Å². The van der Waals surface area contributed by atoms with Gasteiger partial charge in [0, 0.05) is 24.3 Å². The molecule has 0 bridgehead atoms. The fourth-order valence-corrected chi connectivity index (χ4v) is 2.61. The predicted octanol–water partition coefficient (Wildman–Crippen LogP) is 2.73. The van der Waals surface area contributed by atoms with E-state index in [4.69, 9.17) is 0 Å². The van der Waals surface area contributed by atoms with Crippen molar-refractivity contribution < 1.29 is 5.11 Å². The Hall–Kier alpha value is -1.02. The van der Waals surface area contributed by atoms with E-state index >= 15 is 0 Å². The molecule has 0 spiro atoms. The Morgan fingerprint density at radius 3 is 2.81 bits per heavy atom. The fraction of sp³-hybridized carbons (Fsp3) is 0.571. The summed E-state index contributed by atoms with van der Waals surface area (Å²) in [6.45, 7) is 2.29.